The van der Waals surface area contributed by atoms with Gasteiger partial charge in [-0.25, -0.2) is 17.8 Å². The number of nitrogens with zero attached hydrogens (tertiary/aromatic N) is 3. The van der Waals surface area contributed by atoms with E-state index < -0.39 is 15.7 Å². The number of anilines is 1. The van der Waals surface area contributed by atoms with E-state index in [2.05, 4.69) is 16.8 Å². The lowest BCUT2D eigenvalue weighted by Gasteiger charge is -2.32. The number of halogens is 1. The van der Waals surface area contributed by atoms with E-state index >= 15 is 0 Å². The molecule has 0 atom stereocenters. The van der Waals surface area contributed by atoms with Crippen LogP contribution in [0.2, 0.25) is 0 Å². The highest BCUT2D eigenvalue weighted by Crippen LogP contribution is 2.44. The molecule has 2 aromatic heterocycles. The first-order valence-electron chi connectivity index (χ1n) is 8.98. The van der Waals surface area contributed by atoms with Gasteiger partial charge in [-0.2, -0.15) is 5.26 Å². The van der Waals surface area contributed by atoms with Gasteiger partial charge in [0, 0.05) is 24.7 Å². The van der Waals surface area contributed by atoms with Crippen molar-refractivity contribution in [3.8, 4) is 6.07 Å². The highest BCUT2D eigenvalue weighted by atomic mass is 32.2. The van der Waals surface area contributed by atoms with Crippen LogP contribution in [-0.4, -0.2) is 26.5 Å². The summed E-state index contributed by atoms with van der Waals surface area (Å²) in [6, 6.07) is 8.69. The molecule has 0 spiro atoms. The average Bonchev–Trinajstić information content (AvgIpc) is 3.08. The van der Waals surface area contributed by atoms with Gasteiger partial charge < -0.3 is 4.90 Å². The Balaban J connectivity index is 1.92. The largest absolute Gasteiger partial charge is 0.369 e. The van der Waals surface area contributed by atoms with Crippen LogP contribution in [0.3, 0.4) is 0 Å². The number of thiophene rings is 1. The molecule has 0 amide bonds. The molecule has 0 aliphatic carbocycles. The Morgan fingerprint density at radius 3 is 2.75 bits per heavy atom. The molecule has 1 aliphatic heterocycles. The minimum Gasteiger partial charge on any atom is -0.369 e. The summed E-state index contributed by atoms with van der Waals surface area (Å²) in [5.41, 5.74) is 0.619. The predicted octanol–water partition coefficient (Wildman–Crippen LogP) is 4.38. The monoisotopic (exact) mass is 415 g/mol. The van der Waals surface area contributed by atoms with Crippen LogP contribution in [0.5, 0.6) is 0 Å². The van der Waals surface area contributed by atoms with Crippen LogP contribution in [0, 0.1) is 23.1 Å². The van der Waals surface area contributed by atoms with Crippen molar-refractivity contribution in [3.05, 3.63) is 47.9 Å². The third-order valence-electron chi connectivity index (χ3n) is 5.06. The number of fused-ring (bicyclic) bond motifs is 1. The summed E-state index contributed by atoms with van der Waals surface area (Å²) in [6.45, 7) is 3.71. The molecule has 144 valence electrons. The summed E-state index contributed by atoms with van der Waals surface area (Å²) >= 11 is 1.09. The maximum atomic E-state index is 13.9. The first-order chi connectivity index (χ1) is 13.4. The molecule has 0 radical (unpaired) electrons. The van der Waals surface area contributed by atoms with E-state index in [1.165, 1.54) is 6.07 Å². The van der Waals surface area contributed by atoms with E-state index in [9.17, 15) is 12.8 Å². The van der Waals surface area contributed by atoms with E-state index in [1.807, 2.05) is 12.1 Å². The standard InChI is InChI=1S/C20H18FN3O2S2/c1-13-4-7-24(8-5-13)18-17-3-2-6-23-19(17)27-20(18)28(25,26)16-10-14(12-22)9-15(21)11-16/h2-3,6,9-11,13H,4-5,7-8H2,1H3. The molecule has 1 aliphatic rings. The molecular formula is C20H18FN3O2S2. The Bertz CT molecular complexity index is 1190. The van der Waals surface area contributed by atoms with Crippen molar-refractivity contribution < 1.29 is 12.8 Å². The van der Waals surface area contributed by atoms with Crippen LogP contribution in [0.4, 0.5) is 10.1 Å². The highest BCUT2D eigenvalue weighted by Gasteiger charge is 2.31. The van der Waals surface area contributed by atoms with Crippen LogP contribution in [0.15, 0.2) is 45.6 Å². The van der Waals surface area contributed by atoms with Crippen molar-refractivity contribution in [3.63, 3.8) is 0 Å². The van der Waals surface area contributed by atoms with Gasteiger partial charge in [0.05, 0.1) is 22.2 Å². The molecule has 4 rings (SSSR count). The Hall–Kier alpha value is -2.50. The van der Waals surface area contributed by atoms with E-state index in [-0.39, 0.29) is 14.7 Å². The predicted molar refractivity (Wildman–Crippen MR) is 107 cm³/mol. The van der Waals surface area contributed by atoms with Crippen molar-refractivity contribution in [2.45, 2.75) is 28.9 Å². The molecule has 28 heavy (non-hydrogen) atoms. The maximum Gasteiger partial charge on any atom is 0.218 e. The van der Waals surface area contributed by atoms with Crippen LogP contribution < -0.4 is 4.90 Å². The lowest BCUT2D eigenvalue weighted by atomic mass is 9.99. The minimum atomic E-state index is -4.00. The summed E-state index contributed by atoms with van der Waals surface area (Å²) in [4.78, 5) is 6.85. The van der Waals surface area contributed by atoms with E-state index in [0.29, 0.717) is 16.4 Å². The van der Waals surface area contributed by atoms with Gasteiger partial charge in [-0.05, 0) is 49.1 Å². The molecule has 3 heterocycles. The normalized spacial score (nSPS) is 15.7. The molecular weight excluding hydrogens is 397 g/mol. The molecule has 0 bridgehead atoms. The fourth-order valence-corrected chi connectivity index (χ4v) is 6.62. The number of benzene rings is 1. The van der Waals surface area contributed by atoms with Gasteiger partial charge >= 0.3 is 0 Å². The zero-order valence-electron chi connectivity index (χ0n) is 15.2. The Morgan fingerprint density at radius 2 is 2.04 bits per heavy atom. The number of rotatable bonds is 3. The van der Waals surface area contributed by atoms with Gasteiger partial charge in [-0.15, -0.1) is 11.3 Å². The second-order valence-electron chi connectivity index (χ2n) is 7.05. The van der Waals surface area contributed by atoms with Gasteiger partial charge in [0.25, 0.3) is 0 Å². The fraction of sp³-hybridized carbons (Fsp3) is 0.300. The van der Waals surface area contributed by atoms with Crippen LogP contribution in [-0.2, 0) is 9.84 Å². The summed E-state index contributed by atoms with van der Waals surface area (Å²) < 4.78 is 40.9. The third-order valence-corrected chi connectivity index (χ3v) is 8.41. The van der Waals surface area contributed by atoms with Crippen molar-refractivity contribution in [2.75, 3.05) is 18.0 Å². The molecule has 8 heteroatoms. The second kappa shape index (κ2) is 7.15. The first kappa shape index (κ1) is 18.8. The molecule has 0 unspecified atom stereocenters. The summed E-state index contributed by atoms with van der Waals surface area (Å²) in [5.74, 6) is -0.147. The number of nitriles is 1. The van der Waals surface area contributed by atoms with E-state index in [4.69, 9.17) is 5.26 Å². The molecule has 0 N–H and O–H groups in total. The Kier molecular flexibility index (Phi) is 4.81. The molecule has 0 saturated carbocycles. The van der Waals surface area contributed by atoms with Crippen molar-refractivity contribution >= 4 is 37.1 Å². The van der Waals surface area contributed by atoms with Crippen LogP contribution >= 0.6 is 11.3 Å². The third kappa shape index (κ3) is 3.25. The quantitative estimate of drug-likeness (QED) is 0.635. The van der Waals surface area contributed by atoms with Gasteiger partial charge in [0.1, 0.15) is 10.6 Å². The number of aromatic nitrogens is 1. The Labute approximate surface area is 167 Å². The zero-order chi connectivity index (χ0) is 19.9. The van der Waals surface area contributed by atoms with Crippen molar-refractivity contribution in [1.29, 1.82) is 5.26 Å². The number of pyridine rings is 1. The minimum absolute atomic E-state index is 0.0221. The molecule has 5 nitrogen and oxygen atoms in total. The van der Waals surface area contributed by atoms with E-state index in [0.717, 1.165) is 54.8 Å². The molecule has 1 fully saturated rings. The van der Waals surface area contributed by atoms with Crippen LogP contribution in [0.25, 0.3) is 10.2 Å². The van der Waals surface area contributed by atoms with Gasteiger partial charge in [0.2, 0.25) is 9.84 Å². The smallest absolute Gasteiger partial charge is 0.218 e. The molecule has 1 aromatic carbocycles. The van der Waals surface area contributed by atoms with Crippen LogP contribution in [0.1, 0.15) is 25.3 Å². The highest BCUT2D eigenvalue weighted by molar-refractivity contribution is 7.93. The number of hydrogen-bond donors (Lipinski definition) is 0. The van der Waals surface area contributed by atoms with Crippen molar-refractivity contribution in [2.24, 2.45) is 5.92 Å². The fourth-order valence-electron chi connectivity index (χ4n) is 3.50. The molecule has 1 saturated heterocycles. The van der Waals surface area contributed by atoms with Crippen molar-refractivity contribution in [1.82, 2.24) is 4.98 Å². The topological polar surface area (TPSA) is 74.1 Å². The summed E-state index contributed by atoms with van der Waals surface area (Å²) in [7, 11) is -4.00. The van der Waals surface area contributed by atoms with Gasteiger partial charge in [-0.3, -0.25) is 0 Å². The number of piperidine rings is 1. The Morgan fingerprint density at radius 1 is 1.29 bits per heavy atom. The number of hydrogen-bond acceptors (Lipinski definition) is 6. The zero-order valence-corrected chi connectivity index (χ0v) is 16.9. The number of sulfone groups is 1. The SMILES string of the molecule is CC1CCN(c2c(S(=O)(=O)c3cc(F)cc(C#N)c3)sc3ncccc23)CC1. The second-order valence-corrected chi connectivity index (χ2v) is 10.2. The molecule has 3 aromatic rings. The van der Waals surface area contributed by atoms with Gasteiger partial charge in [-0.1, -0.05) is 6.92 Å². The van der Waals surface area contributed by atoms with Gasteiger partial charge in [0.15, 0.2) is 4.21 Å². The summed E-state index contributed by atoms with van der Waals surface area (Å²) in [6.07, 6.45) is 3.60. The summed E-state index contributed by atoms with van der Waals surface area (Å²) in [5, 5.41) is 9.88. The maximum absolute atomic E-state index is 13.9. The lowest BCUT2D eigenvalue weighted by Crippen LogP contribution is -2.33. The first-order valence-corrected chi connectivity index (χ1v) is 11.3. The lowest BCUT2D eigenvalue weighted by molar-refractivity contribution is 0.438. The average molecular weight is 416 g/mol. The van der Waals surface area contributed by atoms with E-state index in [1.54, 1.807) is 12.3 Å².